The Morgan fingerprint density at radius 2 is 1.85 bits per heavy atom. The predicted octanol–water partition coefficient (Wildman–Crippen LogP) is 1.52. The highest BCUT2D eigenvalue weighted by Gasteiger charge is 2.43. The summed E-state index contributed by atoms with van der Waals surface area (Å²) in [6.07, 6.45) is 0.981. The summed E-state index contributed by atoms with van der Waals surface area (Å²) in [4.78, 5) is 26.7. The highest BCUT2D eigenvalue weighted by molar-refractivity contribution is 5.98. The zero-order valence-electron chi connectivity index (χ0n) is 14.8. The second kappa shape index (κ2) is 7.47. The van der Waals surface area contributed by atoms with Crippen molar-refractivity contribution in [2.24, 2.45) is 0 Å². The molecule has 1 amide bonds. The second-order valence-electron chi connectivity index (χ2n) is 6.95. The Bertz CT molecular complexity index is 728. The van der Waals surface area contributed by atoms with Gasteiger partial charge in [-0.1, -0.05) is 24.3 Å². The summed E-state index contributed by atoms with van der Waals surface area (Å²) in [5.74, 6) is -0.994. The highest BCUT2D eigenvalue weighted by Crippen LogP contribution is 2.37. The molecule has 1 fully saturated rings. The van der Waals surface area contributed by atoms with Gasteiger partial charge in [0.25, 0.3) is 0 Å². The minimum Gasteiger partial charge on any atom is -0.478 e. The zero-order valence-corrected chi connectivity index (χ0v) is 14.8. The van der Waals surface area contributed by atoms with Crippen LogP contribution in [0.4, 0.5) is 4.79 Å². The number of carboxylic acids is 1. The number of carboxylic acid groups (broad SMARTS) is 2. The van der Waals surface area contributed by atoms with Crippen LogP contribution in [-0.2, 0) is 11.2 Å². The molecule has 26 heavy (non-hydrogen) atoms. The number of aryl methyl sites for hydroxylation is 1. The largest absolute Gasteiger partial charge is 0.478 e. The maximum Gasteiger partial charge on any atom is 0.407 e. The number of fused-ring (bicyclic) bond motifs is 2. The van der Waals surface area contributed by atoms with E-state index in [0.717, 1.165) is 23.1 Å². The molecule has 1 saturated heterocycles. The predicted molar refractivity (Wildman–Crippen MR) is 96.0 cm³/mol. The number of aliphatic carboxylic acids is 1. The molecule has 7 heteroatoms. The van der Waals surface area contributed by atoms with Crippen LogP contribution < -0.4 is 0 Å². The molecule has 3 N–H and O–H groups in total. The highest BCUT2D eigenvalue weighted by atomic mass is 16.4. The Labute approximate surface area is 152 Å². The van der Waals surface area contributed by atoms with Gasteiger partial charge in [0.05, 0.1) is 11.6 Å². The Kier molecular flexibility index (Phi) is 5.29. The fourth-order valence-electron chi connectivity index (χ4n) is 3.96. The number of likely N-dealkylation sites (N-methyl/N-ethyl adjacent to an activating group) is 1. The van der Waals surface area contributed by atoms with Gasteiger partial charge in [0.15, 0.2) is 0 Å². The number of benzene rings is 1. The van der Waals surface area contributed by atoms with Crippen LogP contribution in [0.3, 0.4) is 0 Å². The number of amides is 1. The number of nitrogens with zero attached hydrogens (tertiary/aromatic N) is 2. The summed E-state index contributed by atoms with van der Waals surface area (Å²) in [5.41, 5.74) is 3.06. The number of hydrogen-bond donors (Lipinski definition) is 3. The number of rotatable bonds is 5. The summed E-state index contributed by atoms with van der Waals surface area (Å²) in [7, 11) is 1.87. The van der Waals surface area contributed by atoms with Crippen molar-refractivity contribution in [2.45, 2.75) is 31.3 Å². The lowest BCUT2D eigenvalue weighted by atomic mass is 9.82. The SMILES string of the molecule is CN1C2CC(c3ccc(CCCO)cc3)=C(C(=O)O)C1CN(C(=O)O)C2. The van der Waals surface area contributed by atoms with E-state index in [2.05, 4.69) is 0 Å². The van der Waals surface area contributed by atoms with Gasteiger partial charge in [-0.3, -0.25) is 4.90 Å². The van der Waals surface area contributed by atoms with Crippen molar-refractivity contribution in [3.05, 3.63) is 41.0 Å². The minimum atomic E-state index is -1.01. The van der Waals surface area contributed by atoms with E-state index in [1.165, 1.54) is 4.90 Å². The third kappa shape index (κ3) is 3.45. The average Bonchev–Trinajstić information content (AvgIpc) is 2.59. The van der Waals surface area contributed by atoms with Crippen LogP contribution in [0.15, 0.2) is 29.8 Å². The molecule has 0 aromatic heterocycles. The Hall–Kier alpha value is -2.38. The Balaban J connectivity index is 1.96. The lowest BCUT2D eigenvalue weighted by Crippen LogP contribution is -2.61. The van der Waals surface area contributed by atoms with Gasteiger partial charge in [-0.05, 0) is 43.0 Å². The lowest BCUT2D eigenvalue weighted by Gasteiger charge is -2.48. The maximum atomic E-state index is 12.0. The average molecular weight is 360 g/mol. The van der Waals surface area contributed by atoms with Crippen molar-refractivity contribution in [3.63, 3.8) is 0 Å². The van der Waals surface area contributed by atoms with E-state index >= 15 is 0 Å². The van der Waals surface area contributed by atoms with Crippen LogP contribution in [0.1, 0.15) is 24.0 Å². The molecule has 1 aromatic rings. The van der Waals surface area contributed by atoms with E-state index in [0.29, 0.717) is 19.4 Å². The normalized spacial score (nSPS) is 23.2. The van der Waals surface area contributed by atoms with Gasteiger partial charge in [-0.25, -0.2) is 9.59 Å². The molecule has 3 rings (SSSR count). The molecule has 0 aliphatic carbocycles. The molecule has 2 unspecified atom stereocenters. The maximum absolute atomic E-state index is 12.0. The summed E-state index contributed by atoms with van der Waals surface area (Å²) in [5, 5.41) is 28.1. The fraction of sp³-hybridized carbons (Fsp3) is 0.474. The Morgan fingerprint density at radius 3 is 2.42 bits per heavy atom. The third-order valence-corrected chi connectivity index (χ3v) is 5.42. The number of hydrogen-bond acceptors (Lipinski definition) is 4. The smallest absolute Gasteiger partial charge is 0.407 e. The summed E-state index contributed by atoms with van der Waals surface area (Å²) in [6.45, 7) is 0.696. The molecule has 0 spiro atoms. The quantitative estimate of drug-likeness (QED) is 0.736. The van der Waals surface area contributed by atoms with E-state index < -0.39 is 18.1 Å². The van der Waals surface area contributed by atoms with Gasteiger partial charge < -0.3 is 20.2 Å². The Morgan fingerprint density at radius 1 is 1.15 bits per heavy atom. The van der Waals surface area contributed by atoms with Crippen LogP contribution in [0.2, 0.25) is 0 Å². The molecular formula is C19H24N2O5. The van der Waals surface area contributed by atoms with Gasteiger partial charge in [0.2, 0.25) is 0 Å². The van der Waals surface area contributed by atoms with Gasteiger partial charge in [0, 0.05) is 25.7 Å². The molecular weight excluding hydrogens is 336 g/mol. The first kappa shape index (κ1) is 18.4. The van der Waals surface area contributed by atoms with Crippen LogP contribution in [-0.4, -0.2) is 76.0 Å². The molecule has 2 bridgehead atoms. The van der Waals surface area contributed by atoms with Crippen LogP contribution in [0.5, 0.6) is 0 Å². The van der Waals surface area contributed by atoms with E-state index in [1.807, 2.05) is 36.2 Å². The van der Waals surface area contributed by atoms with Crippen LogP contribution in [0.25, 0.3) is 5.57 Å². The molecule has 0 saturated carbocycles. The molecule has 2 aliphatic rings. The topological polar surface area (TPSA) is 101 Å². The molecule has 7 nitrogen and oxygen atoms in total. The number of aliphatic hydroxyl groups excluding tert-OH is 1. The van der Waals surface area contributed by atoms with E-state index in [1.54, 1.807) is 0 Å². The van der Waals surface area contributed by atoms with Crippen molar-refractivity contribution >= 4 is 17.6 Å². The fourth-order valence-corrected chi connectivity index (χ4v) is 3.96. The standard InChI is InChI=1S/C19H24N2O5/c1-20-14-9-15(13-6-4-12(5-7-13)3-2-8-22)17(18(23)24)16(20)11-21(10-14)19(25)26/h4-7,14,16,22H,2-3,8-11H2,1H3,(H,23,24)(H,25,26). The molecule has 2 aliphatic heterocycles. The first-order valence-corrected chi connectivity index (χ1v) is 8.78. The summed E-state index contributed by atoms with van der Waals surface area (Å²) < 4.78 is 0. The van der Waals surface area contributed by atoms with Crippen molar-refractivity contribution in [1.29, 1.82) is 0 Å². The van der Waals surface area contributed by atoms with Gasteiger partial charge >= 0.3 is 12.1 Å². The number of carbonyl (C=O) groups is 2. The number of aliphatic hydroxyl groups is 1. The van der Waals surface area contributed by atoms with Crippen molar-refractivity contribution in [1.82, 2.24) is 9.80 Å². The van der Waals surface area contributed by atoms with E-state index in [-0.39, 0.29) is 24.8 Å². The van der Waals surface area contributed by atoms with Gasteiger partial charge in [0.1, 0.15) is 0 Å². The van der Waals surface area contributed by atoms with Crippen molar-refractivity contribution < 1.29 is 24.9 Å². The van der Waals surface area contributed by atoms with E-state index in [9.17, 15) is 19.8 Å². The summed E-state index contributed by atoms with van der Waals surface area (Å²) >= 11 is 0. The van der Waals surface area contributed by atoms with Crippen LogP contribution in [0, 0.1) is 0 Å². The molecule has 2 heterocycles. The van der Waals surface area contributed by atoms with E-state index in [4.69, 9.17) is 5.11 Å². The summed E-state index contributed by atoms with van der Waals surface area (Å²) in [6, 6.07) is 7.32. The molecule has 2 atom stereocenters. The monoisotopic (exact) mass is 360 g/mol. The molecule has 0 radical (unpaired) electrons. The third-order valence-electron chi connectivity index (χ3n) is 5.42. The molecule has 1 aromatic carbocycles. The van der Waals surface area contributed by atoms with Crippen molar-refractivity contribution in [2.75, 3.05) is 26.7 Å². The second-order valence-corrected chi connectivity index (χ2v) is 6.95. The first-order chi connectivity index (χ1) is 12.4. The first-order valence-electron chi connectivity index (χ1n) is 8.78. The number of piperazine rings is 1. The van der Waals surface area contributed by atoms with Crippen LogP contribution >= 0.6 is 0 Å². The van der Waals surface area contributed by atoms with Gasteiger partial charge in [-0.15, -0.1) is 0 Å². The lowest BCUT2D eigenvalue weighted by molar-refractivity contribution is -0.134. The minimum absolute atomic E-state index is 0.0305. The van der Waals surface area contributed by atoms with Gasteiger partial charge in [-0.2, -0.15) is 0 Å². The zero-order chi connectivity index (χ0) is 18.8. The molecule has 140 valence electrons. The van der Waals surface area contributed by atoms with Crippen molar-refractivity contribution in [3.8, 4) is 0 Å².